The standard InChI is InChI=1S/C15H16BrN3O/c1-9(10-3-2-4-12(16)7-10)19-14-6-5-11(15(18)20)8-13(14)17/h2-9,19H,17H2,1H3,(H2,18,20). The lowest BCUT2D eigenvalue weighted by Gasteiger charge is -2.17. The van der Waals surface area contributed by atoms with Crippen molar-refractivity contribution in [1.82, 2.24) is 0 Å². The summed E-state index contributed by atoms with van der Waals surface area (Å²) in [7, 11) is 0. The highest BCUT2D eigenvalue weighted by Crippen LogP contribution is 2.26. The molecule has 2 aromatic rings. The molecule has 5 N–H and O–H groups in total. The summed E-state index contributed by atoms with van der Waals surface area (Å²) in [5.41, 5.74) is 14.0. The van der Waals surface area contributed by atoms with E-state index in [0.29, 0.717) is 11.3 Å². The average Bonchev–Trinajstić information content (AvgIpc) is 2.40. The van der Waals surface area contributed by atoms with Crippen LogP contribution in [-0.2, 0) is 0 Å². The quantitative estimate of drug-likeness (QED) is 0.751. The molecule has 0 aliphatic carbocycles. The predicted octanol–water partition coefficient (Wildman–Crippen LogP) is 3.30. The van der Waals surface area contributed by atoms with Crippen LogP contribution >= 0.6 is 15.9 Å². The second-order valence-electron chi connectivity index (χ2n) is 4.59. The largest absolute Gasteiger partial charge is 0.397 e. The Labute approximate surface area is 126 Å². The highest BCUT2D eigenvalue weighted by molar-refractivity contribution is 9.10. The van der Waals surface area contributed by atoms with E-state index in [0.717, 1.165) is 15.7 Å². The molecule has 0 saturated heterocycles. The summed E-state index contributed by atoms with van der Waals surface area (Å²) in [5, 5.41) is 3.32. The van der Waals surface area contributed by atoms with Gasteiger partial charge in [0.2, 0.25) is 5.91 Å². The van der Waals surface area contributed by atoms with Crippen LogP contribution in [0, 0.1) is 0 Å². The number of hydrogen-bond acceptors (Lipinski definition) is 3. The molecule has 2 rings (SSSR count). The van der Waals surface area contributed by atoms with Crippen LogP contribution < -0.4 is 16.8 Å². The van der Waals surface area contributed by atoms with Crippen LogP contribution in [0.1, 0.15) is 28.9 Å². The summed E-state index contributed by atoms with van der Waals surface area (Å²) in [5.74, 6) is -0.483. The van der Waals surface area contributed by atoms with Gasteiger partial charge in [0.1, 0.15) is 0 Å². The van der Waals surface area contributed by atoms with E-state index < -0.39 is 5.91 Å². The minimum absolute atomic E-state index is 0.0919. The van der Waals surface area contributed by atoms with Crippen molar-refractivity contribution in [2.24, 2.45) is 5.73 Å². The van der Waals surface area contributed by atoms with Gasteiger partial charge in [-0.3, -0.25) is 4.79 Å². The number of benzene rings is 2. The minimum Gasteiger partial charge on any atom is -0.397 e. The van der Waals surface area contributed by atoms with Gasteiger partial charge in [0.25, 0.3) is 0 Å². The molecule has 2 aromatic carbocycles. The lowest BCUT2D eigenvalue weighted by atomic mass is 10.1. The highest BCUT2D eigenvalue weighted by Gasteiger charge is 2.09. The minimum atomic E-state index is -0.483. The van der Waals surface area contributed by atoms with Crippen molar-refractivity contribution >= 4 is 33.2 Å². The lowest BCUT2D eigenvalue weighted by Crippen LogP contribution is -2.13. The molecule has 20 heavy (non-hydrogen) atoms. The smallest absolute Gasteiger partial charge is 0.248 e. The van der Waals surface area contributed by atoms with E-state index in [1.807, 2.05) is 31.2 Å². The lowest BCUT2D eigenvalue weighted by molar-refractivity contribution is 0.100. The molecule has 5 heteroatoms. The van der Waals surface area contributed by atoms with E-state index in [-0.39, 0.29) is 6.04 Å². The van der Waals surface area contributed by atoms with Crippen LogP contribution in [0.15, 0.2) is 46.9 Å². The molecule has 0 bridgehead atoms. The first-order valence-electron chi connectivity index (χ1n) is 6.18. The molecule has 1 amide bonds. The molecule has 0 heterocycles. The van der Waals surface area contributed by atoms with Gasteiger partial charge in [-0.2, -0.15) is 0 Å². The molecule has 0 aliphatic rings. The molecular weight excluding hydrogens is 318 g/mol. The fourth-order valence-corrected chi connectivity index (χ4v) is 2.36. The van der Waals surface area contributed by atoms with E-state index in [9.17, 15) is 4.79 Å². The van der Waals surface area contributed by atoms with Gasteiger partial charge in [0.15, 0.2) is 0 Å². The van der Waals surface area contributed by atoms with E-state index in [1.54, 1.807) is 18.2 Å². The van der Waals surface area contributed by atoms with Crippen molar-refractivity contribution in [1.29, 1.82) is 0 Å². The summed E-state index contributed by atoms with van der Waals surface area (Å²) in [4.78, 5) is 11.1. The maximum atomic E-state index is 11.1. The highest BCUT2D eigenvalue weighted by atomic mass is 79.9. The van der Waals surface area contributed by atoms with Gasteiger partial charge >= 0.3 is 0 Å². The van der Waals surface area contributed by atoms with Gasteiger partial charge in [-0.25, -0.2) is 0 Å². The number of nitrogen functional groups attached to an aromatic ring is 1. The number of anilines is 2. The summed E-state index contributed by atoms with van der Waals surface area (Å²) in [6, 6.07) is 13.1. The molecule has 4 nitrogen and oxygen atoms in total. The first kappa shape index (κ1) is 14.4. The topological polar surface area (TPSA) is 81.1 Å². The first-order valence-corrected chi connectivity index (χ1v) is 6.98. The fraction of sp³-hybridized carbons (Fsp3) is 0.133. The second kappa shape index (κ2) is 5.96. The molecular formula is C15H16BrN3O. The average molecular weight is 334 g/mol. The third-order valence-electron chi connectivity index (χ3n) is 3.06. The molecule has 104 valence electrons. The Morgan fingerprint density at radius 2 is 2.00 bits per heavy atom. The monoisotopic (exact) mass is 333 g/mol. The number of rotatable bonds is 4. The maximum Gasteiger partial charge on any atom is 0.248 e. The fourth-order valence-electron chi connectivity index (χ4n) is 1.94. The van der Waals surface area contributed by atoms with Crippen LogP contribution in [0.25, 0.3) is 0 Å². The SMILES string of the molecule is CC(Nc1ccc(C(N)=O)cc1N)c1cccc(Br)c1. The molecule has 0 saturated carbocycles. The van der Waals surface area contributed by atoms with E-state index in [4.69, 9.17) is 11.5 Å². The van der Waals surface area contributed by atoms with Crippen LogP contribution in [0.2, 0.25) is 0 Å². The van der Waals surface area contributed by atoms with Gasteiger partial charge in [-0.15, -0.1) is 0 Å². The number of hydrogen-bond donors (Lipinski definition) is 3. The van der Waals surface area contributed by atoms with Gasteiger partial charge in [-0.1, -0.05) is 28.1 Å². The van der Waals surface area contributed by atoms with E-state index in [1.165, 1.54) is 0 Å². The molecule has 1 unspecified atom stereocenters. The van der Waals surface area contributed by atoms with Gasteiger partial charge in [0.05, 0.1) is 11.4 Å². The van der Waals surface area contributed by atoms with Crippen molar-refractivity contribution in [3.05, 3.63) is 58.1 Å². The second-order valence-corrected chi connectivity index (χ2v) is 5.50. The number of primary amides is 1. The first-order chi connectivity index (χ1) is 9.47. The Kier molecular flexibility index (Phi) is 4.29. The summed E-state index contributed by atoms with van der Waals surface area (Å²) < 4.78 is 1.03. The number of nitrogens with one attached hydrogen (secondary N) is 1. The molecule has 0 aliphatic heterocycles. The zero-order valence-corrected chi connectivity index (χ0v) is 12.6. The third kappa shape index (κ3) is 3.30. The molecule has 0 fully saturated rings. The zero-order valence-electron chi connectivity index (χ0n) is 11.1. The van der Waals surface area contributed by atoms with Gasteiger partial charge in [0, 0.05) is 16.1 Å². The normalized spacial score (nSPS) is 11.9. The summed E-state index contributed by atoms with van der Waals surface area (Å²) >= 11 is 3.45. The van der Waals surface area contributed by atoms with Crippen molar-refractivity contribution in [3.8, 4) is 0 Å². The Balaban J connectivity index is 2.19. The summed E-state index contributed by atoms with van der Waals surface area (Å²) in [6.07, 6.45) is 0. The number of carbonyl (C=O) groups is 1. The van der Waals surface area contributed by atoms with Crippen LogP contribution in [0.4, 0.5) is 11.4 Å². The number of nitrogens with two attached hydrogens (primary N) is 2. The maximum absolute atomic E-state index is 11.1. The van der Waals surface area contributed by atoms with Gasteiger partial charge < -0.3 is 16.8 Å². The van der Waals surface area contributed by atoms with E-state index in [2.05, 4.69) is 21.2 Å². The van der Waals surface area contributed by atoms with Crippen molar-refractivity contribution in [2.45, 2.75) is 13.0 Å². The Morgan fingerprint density at radius 3 is 2.60 bits per heavy atom. The molecule has 0 spiro atoms. The van der Waals surface area contributed by atoms with Gasteiger partial charge in [-0.05, 0) is 42.8 Å². The van der Waals surface area contributed by atoms with Crippen LogP contribution in [0.3, 0.4) is 0 Å². The number of amides is 1. The Hall–Kier alpha value is -2.01. The molecule has 1 atom stereocenters. The number of halogens is 1. The predicted molar refractivity (Wildman–Crippen MR) is 85.6 cm³/mol. The van der Waals surface area contributed by atoms with Crippen molar-refractivity contribution in [3.63, 3.8) is 0 Å². The molecule has 0 aromatic heterocycles. The zero-order chi connectivity index (χ0) is 14.7. The summed E-state index contributed by atoms with van der Waals surface area (Å²) in [6.45, 7) is 2.04. The Bertz CT molecular complexity index is 643. The Morgan fingerprint density at radius 1 is 1.25 bits per heavy atom. The number of carbonyl (C=O) groups excluding carboxylic acids is 1. The van der Waals surface area contributed by atoms with Crippen LogP contribution in [0.5, 0.6) is 0 Å². The molecule has 0 radical (unpaired) electrons. The van der Waals surface area contributed by atoms with E-state index >= 15 is 0 Å². The third-order valence-corrected chi connectivity index (χ3v) is 3.55. The van der Waals surface area contributed by atoms with Crippen LogP contribution in [-0.4, -0.2) is 5.91 Å². The van der Waals surface area contributed by atoms with Crippen molar-refractivity contribution in [2.75, 3.05) is 11.1 Å². The van der Waals surface area contributed by atoms with Crippen molar-refractivity contribution < 1.29 is 4.79 Å².